The Kier molecular flexibility index (Phi) is 20.4. The molecule has 0 amide bonds. The highest BCUT2D eigenvalue weighted by Crippen LogP contribution is 2.37. The van der Waals surface area contributed by atoms with Gasteiger partial charge in [-0.2, -0.15) is 10.2 Å². The number of ether oxygens (including phenoxy) is 10. The van der Waals surface area contributed by atoms with Gasteiger partial charge in [-0.25, -0.2) is 9.59 Å². The average Bonchev–Trinajstić information content (AvgIpc) is 3.05. The molecule has 0 aliphatic rings. The number of hydrogen-bond acceptors (Lipinski definition) is 14. The van der Waals surface area contributed by atoms with Crippen molar-refractivity contribution in [1.82, 2.24) is 0 Å². The van der Waals surface area contributed by atoms with E-state index in [0.717, 1.165) is 0 Å². The van der Waals surface area contributed by atoms with Gasteiger partial charge < -0.3 is 47.4 Å². The molecule has 2 atom stereocenters. The van der Waals surface area contributed by atoms with Gasteiger partial charge in [0.2, 0.25) is 0 Å². The van der Waals surface area contributed by atoms with Crippen LogP contribution in [0.5, 0.6) is 11.5 Å². The third-order valence-electron chi connectivity index (χ3n) is 6.11. The Morgan fingerprint density at radius 2 is 0.938 bits per heavy atom. The second-order valence-corrected chi connectivity index (χ2v) is 11.7. The maximum atomic E-state index is 13.1. The summed E-state index contributed by atoms with van der Waals surface area (Å²) in [6.45, 7) is 7.20. The quantitative estimate of drug-likeness (QED) is 0.0686. The summed E-state index contributed by atoms with van der Waals surface area (Å²) < 4.78 is 54.6. The molecule has 0 unspecified atom stereocenters. The standard InChI is InChI=1S/C32H44Br2N2O12/c1-21(19-45-13-11-43-9-7-39-3)47-31(37)25-15-23(17-27(33)29(25)41-5)35-36-24-16-26(30(42-6)28(34)18-24)32(38)48-22(2)20-46-14-12-44-10-8-40-4/h15-18,21-22H,7-14,19-20H2,1-6H3/t21-,22-/m0/s1. The van der Waals surface area contributed by atoms with Gasteiger partial charge >= 0.3 is 11.9 Å². The Hall–Kier alpha value is -2.70. The predicted octanol–water partition coefficient (Wildman–Crippen LogP) is 6.09. The third-order valence-corrected chi connectivity index (χ3v) is 7.29. The van der Waals surface area contributed by atoms with Gasteiger partial charge in [0, 0.05) is 14.2 Å². The molecule has 2 aromatic carbocycles. The molecule has 0 bridgehead atoms. The van der Waals surface area contributed by atoms with E-state index in [0.29, 0.717) is 73.2 Å². The van der Waals surface area contributed by atoms with Gasteiger partial charge in [0.1, 0.15) is 34.8 Å². The fourth-order valence-electron chi connectivity index (χ4n) is 3.89. The van der Waals surface area contributed by atoms with Crippen molar-refractivity contribution in [2.45, 2.75) is 26.1 Å². The van der Waals surface area contributed by atoms with Gasteiger partial charge in [0.25, 0.3) is 0 Å². The van der Waals surface area contributed by atoms with Gasteiger partial charge in [-0.15, -0.1) is 0 Å². The number of halogens is 2. The lowest BCUT2D eigenvalue weighted by Crippen LogP contribution is -2.22. The number of methoxy groups -OCH3 is 4. The van der Waals surface area contributed by atoms with Gasteiger partial charge in [-0.1, -0.05) is 0 Å². The molecule has 0 saturated heterocycles. The molecule has 0 aromatic heterocycles. The molecule has 14 nitrogen and oxygen atoms in total. The maximum absolute atomic E-state index is 13.1. The Labute approximate surface area is 297 Å². The minimum absolute atomic E-state index is 0.133. The summed E-state index contributed by atoms with van der Waals surface area (Å²) >= 11 is 6.85. The zero-order chi connectivity index (χ0) is 35.3. The lowest BCUT2D eigenvalue weighted by Gasteiger charge is -2.16. The van der Waals surface area contributed by atoms with E-state index in [1.807, 2.05) is 0 Å². The number of esters is 2. The van der Waals surface area contributed by atoms with Crippen LogP contribution in [0.1, 0.15) is 34.6 Å². The number of hydrogen-bond donors (Lipinski definition) is 0. The molecule has 2 aromatic rings. The first kappa shape index (κ1) is 41.5. The number of azo groups is 1. The highest BCUT2D eigenvalue weighted by Gasteiger charge is 2.22. The monoisotopic (exact) mass is 806 g/mol. The topological polar surface area (TPSA) is 151 Å². The van der Waals surface area contributed by atoms with Crippen molar-refractivity contribution in [3.05, 3.63) is 44.3 Å². The van der Waals surface area contributed by atoms with Crippen molar-refractivity contribution in [2.75, 3.05) is 94.5 Å². The van der Waals surface area contributed by atoms with Gasteiger partial charge in [-0.3, -0.25) is 0 Å². The van der Waals surface area contributed by atoms with Crippen LogP contribution in [0.3, 0.4) is 0 Å². The van der Waals surface area contributed by atoms with Crippen LogP contribution in [0, 0.1) is 0 Å². The van der Waals surface area contributed by atoms with Gasteiger partial charge in [0.15, 0.2) is 0 Å². The minimum atomic E-state index is -0.633. The van der Waals surface area contributed by atoms with E-state index in [1.54, 1.807) is 40.2 Å². The summed E-state index contributed by atoms with van der Waals surface area (Å²) in [7, 11) is 6.08. The van der Waals surface area contributed by atoms with Gasteiger partial charge in [-0.05, 0) is 70.0 Å². The Morgan fingerprint density at radius 3 is 1.29 bits per heavy atom. The van der Waals surface area contributed by atoms with Crippen molar-refractivity contribution >= 4 is 55.2 Å². The van der Waals surface area contributed by atoms with Crippen molar-refractivity contribution in [1.29, 1.82) is 0 Å². The van der Waals surface area contributed by atoms with E-state index in [9.17, 15) is 9.59 Å². The van der Waals surface area contributed by atoms with E-state index in [1.165, 1.54) is 26.4 Å². The van der Waals surface area contributed by atoms with Crippen LogP contribution in [-0.2, 0) is 37.9 Å². The smallest absolute Gasteiger partial charge is 0.342 e. The summed E-state index contributed by atoms with van der Waals surface area (Å²) in [4.78, 5) is 26.2. The maximum Gasteiger partial charge on any atom is 0.342 e. The van der Waals surface area contributed by atoms with Crippen molar-refractivity contribution < 1.29 is 57.0 Å². The lowest BCUT2D eigenvalue weighted by molar-refractivity contribution is -0.0172. The zero-order valence-corrected chi connectivity index (χ0v) is 31.3. The molecular formula is C32H44Br2N2O12. The Balaban J connectivity index is 2.10. The van der Waals surface area contributed by atoms with Crippen molar-refractivity contribution in [3.63, 3.8) is 0 Å². The number of carbonyl (C=O) groups excluding carboxylic acids is 2. The molecule has 2 rings (SSSR count). The number of carbonyl (C=O) groups is 2. The molecule has 16 heteroatoms. The molecule has 268 valence electrons. The van der Waals surface area contributed by atoms with Crippen LogP contribution in [0.25, 0.3) is 0 Å². The highest BCUT2D eigenvalue weighted by molar-refractivity contribution is 9.11. The molecule has 0 radical (unpaired) electrons. The van der Waals surface area contributed by atoms with Crippen molar-refractivity contribution in [3.8, 4) is 11.5 Å². The van der Waals surface area contributed by atoms with Crippen molar-refractivity contribution in [2.24, 2.45) is 10.2 Å². The SMILES string of the molecule is COCCOCCOC[C@H](C)OC(=O)c1cc(N=Nc2cc(Br)c(OC)c(C(=O)O[C@@H](C)COCCOCCOC)c2)cc(Br)c1OC. The van der Waals surface area contributed by atoms with Crippen LogP contribution in [0.15, 0.2) is 43.4 Å². The summed E-state index contributed by atoms with van der Waals surface area (Å²) in [5, 5.41) is 8.58. The molecule has 0 saturated carbocycles. The van der Waals surface area contributed by atoms with Crippen LogP contribution >= 0.6 is 31.9 Å². The normalized spacial score (nSPS) is 12.6. The van der Waals surface area contributed by atoms with E-state index in [4.69, 9.17) is 47.4 Å². The number of nitrogens with zero attached hydrogens (tertiary/aromatic N) is 2. The van der Waals surface area contributed by atoms with E-state index >= 15 is 0 Å². The summed E-state index contributed by atoms with van der Waals surface area (Å²) in [6.07, 6.45) is -1.09. The molecule has 0 aliphatic carbocycles. The molecule has 48 heavy (non-hydrogen) atoms. The molecule has 0 aliphatic heterocycles. The van der Waals surface area contributed by atoms with Crippen LogP contribution in [-0.4, -0.2) is 119 Å². The molecule has 0 heterocycles. The first-order valence-electron chi connectivity index (χ1n) is 15.0. The Morgan fingerprint density at radius 1 is 0.583 bits per heavy atom. The zero-order valence-electron chi connectivity index (χ0n) is 28.1. The number of benzene rings is 2. The summed E-state index contributed by atoms with van der Waals surface area (Å²) in [6, 6.07) is 6.25. The fraction of sp³-hybridized carbons (Fsp3) is 0.562. The third kappa shape index (κ3) is 14.8. The summed E-state index contributed by atoms with van der Waals surface area (Å²) in [5.74, 6) is -0.725. The largest absolute Gasteiger partial charge is 0.495 e. The highest BCUT2D eigenvalue weighted by atomic mass is 79.9. The van der Waals surface area contributed by atoms with E-state index < -0.39 is 24.1 Å². The average molecular weight is 809 g/mol. The minimum Gasteiger partial charge on any atom is -0.495 e. The first-order chi connectivity index (χ1) is 23.1. The number of rotatable bonds is 24. The first-order valence-corrected chi connectivity index (χ1v) is 16.6. The molecule has 0 N–H and O–H groups in total. The Bertz CT molecular complexity index is 1220. The van der Waals surface area contributed by atoms with Crippen LogP contribution in [0.4, 0.5) is 11.4 Å². The molecule has 0 fully saturated rings. The molecular weight excluding hydrogens is 764 g/mol. The lowest BCUT2D eigenvalue weighted by atomic mass is 10.1. The van der Waals surface area contributed by atoms with Crippen LogP contribution in [0.2, 0.25) is 0 Å². The second kappa shape index (κ2) is 23.6. The van der Waals surface area contributed by atoms with Gasteiger partial charge in [0.05, 0.1) is 101 Å². The molecule has 0 spiro atoms. The summed E-state index contributed by atoms with van der Waals surface area (Å²) in [5.41, 5.74) is 0.904. The second-order valence-electron chi connectivity index (χ2n) is 10.0. The van der Waals surface area contributed by atoms with E-state index in [-0.39, 0.29) is 35.8 Å². The predicted molar refractivity (Wildman–Crippen MR) is 182 cm³/mol. The fourth-order valence-corrected chi connectivity index (χ4v) is 5.11. The van der Waals surface area contributed by atoms with Crippen LogP contribution < -0.4 is 9.47 Å². The van der Waals surface area contributed by atoms with E-state index in [2.05, 4.69) is 42.1 Å².